The molecule has 0 spiro atoms. The van der Waals surface area contributed by atoms with E-state index in [2.05, 4.69) is 4.98 Å². The Labute approximate surface area is 91.5 Å². The lowest BCUT2D eigenvalue weighted by atomic mass is 10.1. The van der Waals surface area contributed by atoms with Gasteiger partial charge in [-0.3, -0.25) is 0 Å². The van der Waals surface area contributed by atoms with Gasteiger partial charge < -0.3 is 5.73 Å². The Morgan fingerprint density at radius 3 is 2.60 bits per heavy atom. The summed E-state index contributed by atoms with van der Waals surface area (Å²) < 4.78 is 13.1. The molecular weight excluding hydrogens is 215 g/mol. The largest absolute Gasteiger partial charge is 0.384 e. The second kappa shape index (κ2) is 3.87. The molecule has 0 amide bonds. The second-order valence-electron chi connectivity index (χ2n) is 3.13. The lowest BCUT2D eigenvalue weighted by Crippen LogP contribution is -1.89. The van der Waals surface area contributed by atoms with Gasteiger partial charge in [0.15, 0.2) is 0 Å². The Morgan fingerprint density at radius 2 is 1.93 bits per heavy atom. The first-order valence-electron chi connectivity index (χ1n) is 4.33. The van der Waals surface area contributed by atoms with Crippen LogP contribution in [0.3, 0.4) is 0 Å². The quantitative estimate of drug-likeness (QED) is 0.805. The van der Waals surface area contributed by atoms with Gasteiger partial charge in [0.05, 0.1) is 0 Å². The monoisotopic (exact) mass is 222 g/mol. The van der Waals surface area contributed by atoms with Gasteiger partial charge in [0, 0.05) is 11.2 Å². The van der Waals surface area contributed by atoms with E-state index in [1.807, 2.05) is 0 Å². The molecule has 0 bridgehead atoms. The summed E-state index contributed by atoms with van der Waals surface area (Å²) in [4.78, 5) is 3.86. The smallest absolute Gasteiger partial charge is 0.125 e. The fraction of sp³-hybridized carbons (Fsp3) is 0. The summed E-state index contributed by atoms with van der Waals surface area (Å²) in [6.07, 6.45) is 1.57. The molecule has 76 valence electrons. The summed E-state index contributed by atoms with van der Waals surface area (Å²) in [5.74, 6) is 0.0285. The molecule has 0 saturated carbocycles. The van der Waals surface area contributed by atoms with Crippen LogP contribution in [-0.4, -0.2) is 4.98 Å². The van der Waals surface area contributed by atoms with Gasteiger partial charge in [-0.1, -0.05) is 11.6 Å². The van der Waals surface area contributed by atoms with Crippen LogP contribution in [0.5, 0.6) is 0 Å². The first kappa shape index (κ1) is 9.93. The molecule has 0 unspecified atom stereocenters. The lowest BCUT2D eigenvalue weighted by Gasteiger charge is -2.03. The molecule has 0 atom stereocenters. The van der Waals surface area contributed by atoms with Crippen molar-refractivity contribution in [2.24, 2.45) is 0 Å². The van der Waals surface area contributed by atoms with E-state index in [1.165, 1.54) is 12.1 Å². The third-order valence-corrected chi connectivity index (χ3v) is 2.20. The number of pyridine rings is 1. The number of nitrogens with two attached hydrogens (primary N) is 1. The summed E-state index contributed by atoms with van der Waals surface area (Å²) >= 11 is 5.75. The van der Waals surface area contributed by atoms with E-state index < -0.39 is 0 Å². The maximum Gasteiger partial charge on any atom is 0.125 e. The molecule has 0 saturated heterocycles. The maximum atomic E-state index is 13.1. The highest BCUT2D eigenvalue weighted by Gasteiger charge is 2.02. The van der Waals surface area contributed by atoms with Crippen LogP contribution >= 0.6 is 11.6 Å². The minimum Gasteiger partial charge on any atom is -0.384 e. The Morgan fingerprint density at radius 1 is 1.13 bits per heavy atom. The van der Waals surface area contributed by atoms with Crippen molar-refractivity contribution < 1.29 is 4.39 Å². The highest BCUT2D eigenvalue weighted by molar-refractivity contribution is 6.30. The standard InChI is InChI=1S/C11H8ClFN2/c12-9-3-8(4-10(13)6-9)7-1-2-15-11(14)5-7/h1-6H,(H2,14,15). The number of hydrogen-bond acceptors (Lipinski definition) is 2. The first-order valence-corrected chi connectivity index (χ1v) is 4.71. The minimum atomic E-state index is -0.368. The summed E-state index contributed by atoms with van der Waals surface area (Å²) in [5.41, 5.74) is 7.02. The molecule has 1 heterocycles. The third kappa shape index (κ3) is 2.25. The summed E-state index contributed by atoms with van der Waals surface area (Å²) in [7, 11) is 0. The van der Waals surface area contributed by atoms with Crippen molar-refractivity contribution in [1.82, 2.24) is 4.98 Å². The van der Waals surface area contributed by atoms with Crippen LogP contribution < -0.4 is 5.73 Å². The van der Waals surface area contributed by atoms with Crippen LogP contribution in [0.4, 0.5) is 10.2 Å². The Kier molecular flexibility index (Phi) is 2.56. The fourth-order valence-electron chi connectivity index (χ4n) is 1.35. The van der Waals surface area contributed by atoms with Crippen molar-refractivity contribution in [3.05, 3.63) is 47.4 Å². The van der Waals surface area contributed by atoms with Gasteiger partial charge >= 0.3 is 0 Å². The van der Waals surface area contributed by atoms with Gasteiger partial charge in [-0.25, -0.2) is 9.37 Å². The number of nitrogens with zero attached hydrogens (tertiary/aromatic N) is 1. The molecule has 0 aliphatic heterocycles. The van der Waals surface area contributed by atoms with Crippen molar-refractivity contribution >= 4 is 17.4 Å². The third-order valence-electron chi connectivity index (χ3n) is 1.98. The van der Waals surface area contributed by atoms with E-state index in [4.69, 9.17) is 17.3 Å². The average Bonchev–Trinajstić information content (AvgIpc) is 2.16. The number of anilines is 1. The summed E-state index contributed by atoms with van der Waals surface area (Å²) in [6, 6.07) is 7.77. The van der Waals surface area contributed by atoms with E-state index in [-0.39, 0.29) is 5.82 Å². The SMILES string of the molecule is Nc1cc(-c2cc(F)cc(Cl)c2)ccn1. The molecule has 2 nitrogen and oxygen atoms in total. The van der Waals surface area contributed by atoms with Gasteiger partial charge in [0.25, 0.3) is 0 Å². The highest BCUT2D eigenvalue weighted by atomic mass is 35.5. The lowest BCUT2D eigenvalue weighted by molar-refractivity contribution is 0.628. The average molecular weight is 223 g/mol. The molecule has 0 radical (unpaired) electrons. The van der Waals surface area contributed by atoms with Crippen molar-refractivity contribution in [2.75, 3.05) is 5.73 Å². The molecule has 15 heavy (non-hydrogen) atoms. The van der Waals surface area contributed by atoms with Crippen LogP contribution in [-0.2, 0) is 0 Å². The molecule has 2 N–H and O–H groups in total. The predicted molar refractivity (Wildman–Crippen MR) is 59.1 cm³/mol. The van der Waals surface area contributed by atoms with Crippen molar-refractivity contribution in [3.8, 4) is 11.1 Å². The van der Waals surface area contributed by atoms with Gasteiger partial charge in [-0.2, -0.15) is 0 Å². The predicted octanol–water partition coefficient (Wildman–Crippen LogP) is 3.12. The topological polar surface area (TPSA) is 38.9 Å². The van der Waals surface area contributed by atoms with Crippen LogP contribution in [0.25, 0.3) is 11.1 Å². The molecule has 0 fully saturated rings. The van der Waals surface area contributed by atoms with E-state index in [0.29, 0.717) is 16.4 Å². The Bertz CT molecular complexity index is 479. The summed E-state index contributed by atoms with van der Waals surface area (Å²) in [5, 5.41) is 0.361. The number of nitrogen functional groups attached to an aromatic ring is 1. The fourth-order valence-corrected chi connectivity index (χ4v) is 1.57. The molecule has 1 aromatic heterocycles. The molecule has 2 rings (SSSR count). The molecule has 4 heteroatoms. The zero-order valence-electron chi connectivity index (χ0n) is 7.74. The number of rotatable bonds is 1. The number of aromatic nitrogens is 1. The first-order chi connectivity index (χ1) is 7.15. The molecule has 0 aliphatic rings. The highest BCUT2D eigenvalue weighted by Crippen LogP contribution is 2.24. The van der Waals surface area contributed by atoms with Crippen LogP contribution in [0.2, 0.25) is 5.02 Å². The van der Waals surface area contributed by atoms with Crippen molar-refractivity contribution in [1.29, 1.82) is 0 Å². The zero-order chi connectivity index (χ0) is 10.8. The van der Waals surface area contributed by atoms with E-state index in [1.54, 1.807) is 24.4 Å². The Hall–Kier alpha value is -1.61. The van der Waals surface area contributed by atoms with Gasteiger partial charge in [-0.05, 0) is 41.5 Å². The van der Waals surface area contributed by atoms with Crippen LogP contribution in [0.15, 0.2) is 36.5 Å². The Balaban J connectivity index is 2.54. The second-order valence-corrected chi connectivity index (χ2v) is 3.56. The molecular formula is C11H8ClFN2. The summed E-state index contributed by atoms with van der Waals surface area (Å²) in [6.45, 7) is 0. The number of halogens is 2. The van der Waals surface area contributed by atoms with Crippen molar-refractivity contribution in [2.45, 2.75) is 0 Å². The molecule has 1 aromatic carbocycles. The van der Waals surface area contributed by atoms with E-state index in [0.717, 1.165) is 5.56 Å². The minimum absolute atomic E-state index is 0.361. The normalized spacial score (nSPS) is 10.3. The van der Waals surface area contributed by atoms with Crippen LogP contribution in [0.1, 0.15) is 0 Å². The van der Waals surface area contributed by atoms with Gasteiger partial charge in [0.1, 0.15) is 11.6 Å². The molecule has 0 aliphatic carbocycles. The number of hydrogen-bond donors (Lipinski definition) is 1. The number of benzene rings is 1. The molecule has 2 aromatic rings. The zero-order valence-corrected chi connectivity index (χ0v) is 8.50. The van der Waals surface area contributed by atoms with Gasteiger partial charge in [0.2, 0.25) is 0 Å². The van der Waals surface area contributed by atoms with Crippen LogP contribution in [0, 0.1) is 5.82 Å². The van der Waals surface area contributed by atoms with E-state index >= 15 is 0 Å². The van der Waals surface area contributed by atoms with Crippen molar-refractivity contribution in [3.63, 3.8) is 0 Å². The van der Waals surface area contributed by atoms with Gasteiger partial charge in [-0.15, -0.1) is 0 Å². The van der Waals surface area contributed by atoms with E-state index in [9.17, 15) is 4.39 Å². The maximum absolute atomic E-state index is 13.1.